The summed E-state index contributed by atoms with van der Waals surface area (Å²) < 4.78 is 0.742. The lowest BCUT2D eigenvalue weighted by atomic mass is 10.1. The number of anilines is 1. The van der Waals surface area contributed by atoms with Crippen molar-refractivity contribution in [2.75, 3.05) is 5.32 Å². The molecule has 0 aliphatic rings. The standard InChI is InChI=1S/C13H9BrN4O/c14-10-2-1-5-15-12(10)17-13(19)8-3-4-9-7-16-18-11(9)6-8/h1-7H,(H,16,18)(H,15,17,19). The van der Waals surface area contributed by atoms with Gasteiger partial charge in [0.25, 0.3) is 5.91 Å². The largest absolute Gasteiger partial charge is 0.306 e. The number of carbonyl (C=O) groups excluding carboxylic acids is 1. The van der Waals surface area contributed by atoms with Crippen molar-refractivity contribution in [3.63, 3.8) is 0 Å². The van der Waals surface area contributed by atoms with E-state index in [4.69, 9.17) is 0 Å². The zero-order valence-corrected chi connectivity index (χ0v) is 11.3. The van der Waals surface area contributed by atoms with E-state index in [-0.39, 0.29) is 5.91 Å². The molecule has 0 atom stereocenters. The van der Waals surface area contributed by atoms with Crippen molar-refractivity contribution >= 4 is 38.6 Å². The number of fused-ring (bicyclic) bond motifs is 1. The fourth-order valence-electron chi connectivity index (χ4n) is 1.74. The summed E-state index contributed by atoms with van der Waals surface area (Å²) in [5.41, 5.74) is 1.38. The molecular formula is C13H9BrN4O. The predicted octanol–water partition coefficient (Wildman–Crippen LogP) is 2.97. The first kappa shape index (κ1) is 11.9. The Morgan fingerprint density at radius 1 is 1.32 bits per heavy atom. The van der Waals surface area contributed by atoms with E-state index >= 15 is 0 Å². The topological polar surface area (TPSA) is 70.7 Å². The van der Waals surface area contributed by atoms with Gasteiger partial charge < -0.3 is 5.32 Å². The molecular weight excluding hydrogens is 308 g/mol. The Kier molecular flexibility index (Phi) is 3.00. The van der Waals surface area contributed by atoms with Crippen LogP contribution < -0.4 is 5.32 Å². The van der Waals surface area contributed by atoms with Gasteiger partial charge in [0.15, 0.2) is 0 Å². The van der Waals surface area contributed by atoms with Crippen LogP contribution in [0.25, 0.3) is 10.9 Å². The quantitative estimate of drug-likeness (QED) is 0.763. The number of rotatable bonds is 2. The maximum Gasteiger partial charge on any atom is 0.256 e. The van der Waals surface area contributed by atoms with E-state index in [2.05, 4.69) is 36.4 Å². The number of halogens is 1. The van der Waals surface area contributed by atoms with Crippen molar-refractivity contribution in [1.29, 1.82) is 0 Å². The Labute approximate surface area is 117 Å². The first-order chi connectivity index (χ1) is 9.24. The number of aromatic nitrogens is 3. The highest BCUT2D eigenvalue weighted by Crippen LogP contribution is 2.20. The van der Waals surface area contributed by atoms with Crippen molar-refractivity contribution in [3.8, 4) is 0 Å². The van der Waals surface area contributed by atoms with Crippen molar-refractivity contribution in [2.45, 2.75) is 0 Å². The van der Waals surface area contributed by atoms with Crippen LogP contribution in [0.5, 0.6) is 0 Å². The second-order valence-corrected chi connectivity index (χ2v) is 4.81. The Bertz CT molecular complexity index is 753. The number of pyridine rings is 1. The average Bonchev–Trinajstić information content (AvgIpc) is 2.88. The number of hydrogen-bond acceptors (Lipinski definition) is 3. The lowest BCUT2D eigenvalue weighted by Gasteiger charge is -2.05. The minimum Gasteiger partial charge on any atom is -0.306 e. The fraction of sp³-hybridized carbons (Fsp3) is 0. The van der Waals surface area contributed by atoms with Gasteiger partial charge in [-0.3, -0.25) is 9.89 Å². The number of nitrogens with one attached hydrogen (secondary N) is 2. The van der Waals surface area contributed by atoms with Gasteiger partial charge in [-0.15, -0.1) is 0 Å². The lowest BCUT2D eigenvalue weighted by Crippen LogP contribution is -2.13. The van der Waals surface area contributed by atoms with Crippen LogP contribution in [0.4, 0.5) is 5.82 Å². The van der Waals surface area contributed by atoms with E-state index in [0.717, 1.165) is 15.4 Å². The molecule has 0 radical (unpaired) electrons. The van der Waals surface area contributed by atoms with Crippen LogP contribution >= 0.6 is 15.9 Å². The van der Waals surface area contributed by atoms with Crippen molar-refractivity contribution in [1.82, 2.24) is 15.2 Å². The number of H-pyrrole nitrogens is 1. The van der Waals surface area contributed by atoms with Gasteiger partial charge in [0.1, 0.15) is 5.82 Å². The van der Waals surface area contributed by atoms with Gasteiger partial charge in [-0.25, -0.2) is 4.98 Å². The molecule has 2 heterocycles. The first-order valence-corrected chi connectivity index (χ1v) is 6.38. The molecule has 2 N–H and O–H groups in total. The lowest BCUT2D eigenvalue weighted by molar-refractivity contribution is 0.102. The van der Waals surface area contributed by atoms with Crippen molar-refractivity contribution in [2.24, 2.45) is 0 Å². The van der Waals surface area contributed by atoms with E-state index in [0.29, 0.717) is 11.4 Å². The van der Waals surface area contributed by atoms with Crippen LogP contribution in [0, 0.1) is 0 Å². The second kappa shape index (κ2) is 4.81. The zero-order valence-electron chi connectivity index (χ0n) is 9.72. The van der Waals surface area contributed by atoms with Gasteiger partial charge in [0.05, 0.1) is 16.2 Å². The smallest absolute Gasteiger partial charge is 0.256 e. The molecule has 1 aromatic carbocycles. The molecule has 1 amide bonds. The van der Waals surface area contributed by atoms with E-state index in [1.807, 2.05) is 12.1 Å². The Morgan fingerprint density at radius 2 is 2.21 bits per heavy atom. The molecule has 19 heavy (non-hydrogen) atoms. The monoisotopic (exact) mass is 316 g/mol. The Morgan fingerprint density at radius 3 is 3.05 bits per heavy atom. The molecule has 0 saturated carbocycles. The number of carbonyl (C=O) groups is 1. The number of nitrogens with zero attached hydrogens (tertiary/aromatic N) is 2. The van der Waals surface area contributed by atoms with Crippen molar-refractivity contribution < 1.29 is 4.79 Å². The molecule has 0 aliphatic carbocycles. The molecule has 3 aromatic rings. The summed E-state index contributed by atoms with van der Waals surface area (Å²) >= 11 is 3.34. The summed E-state index contributed by atoms with van der Waals surface area (Å²) in [5.74, 6) is 0.285. The second-order valence-electron chi connectivity index (χ2n) is 3.96. The summed E-state index contributed by atoms with van der Waals surface area (Å²) in [4.78, 5) is 16.2. The third-order valence-electron chi connectivity index (χ3n) is 2.69. The molecule has 0 aliphatic heterocycles. The molecule has 0 spiro atoms. The van der Waals surface area contributed by atoms with Gasteiger partial charge in [0.2, 0.25) is 0 Å². The number of amides is 1. The van der Waals surface area contributed by atoms with Gasteiger partial charge in [-0.05, 0) is 40.2 Å². The van der Waals surface area contributed by atoms with Gasteiger partial charge in [0, 0.05) is 17.1 Å². The third kappa shape index (κ3) is 2.34. The molecule has 0 saturated heterocycles. The molecule has 0 bridgehead atoms. The van der Waals surface area contributed by atoms with Crippen LogP contribution in [-0.4, -0.2) is 21.1 Å². The SMILES string of the molecule is O=C(Nc1ncccc1Br)c1ccc2cn[nH]c2c1. The Balaban J connectivity index is 1.89. The van der Waals surface area contributed by atoms with Crippen molar-refractivity contribution in [3.05, 3.63) is 52.8 Å². The minimum atomic E-state index is -0.212. The van der Waals surface area contributed by atoms with Crippen LogP contribution in [-0.2, 0) is 0 Å². The zero-order chi connectivity index (χ0) is 13.2. The van der Waals surface area contributed by atoms with Crippen LogP contribution in [0.15, 0.2) is 47.2 Å². The van der Waals surface area contributed by atoms with Crippen LogP contribution in [0.3, 0.4) is 0 Å². The van der Waals surface area contributed by atoms with E-state index in [9.17, 15) is 4.79 Å². The van der Waals surface area contributed by atoms with Crippen LogP contribution in [0.1, 0.15) is 10.4 Å². The van der Waals surface area contributed by atoms with Gasteiger partial charge in [-0.1, -0.05) is 6.07 Å². The summed E-state index contributed by atoms with van der Waals surface area (Å²) in [5, 5.41) is 10.5. The summed E-state index contributed by atoms with van der Waals surface area (Å²) in [6, 6.07) is 8.97. The average molecular weight is 317 g/mol. The normalized spacial score (nSPS) is 10.6. The molecule has 2 aromatic heterocycles. The highest BCUT2D eigenvalue weighted by atomic mass is 79.9. The van der Waals surface area contributed by atoms with Gasteiger partial charge >= 0.3 is 0 Å². The number of benzene rings is 1. The minimum absolute atomic E-state index is 0.212. The summed E-state index contributed by atoms with van der Waals surface area (Å²) in [6.07, 6.45) is 3.34. The highest BCUT2D eigenvalue weighted by molar-refractivity contribution is 9.10. The fourth-order valence-corrected chi connectivity index (χ4v) is 2.09. The van der Waals surface area contributed by atoms with Crippen LogP contribution in [0.2, 0.25) is 0 Å². The van der Waals surface area contributed by atoms with E-state index in [1.165, 1.54) is 0 Å². The van der Waals surface area contributed by atoms with E-state index in [1.54, 1.807) is 30.6 Å². The molecule has 3 rings (SSSR count). The third-order valence-corrected chi connectivity index (χ3v) is 3.33. The summed E-state index contributed by atoms with van der Waals surface area (Å²) in [7, 11) is 0. The molecule has 6 heteroatoms. The molecule has 5 nitrogen and oxygen atoms in total. The molecule has 0 fully saturated rings. The Hall–Kier alpha value is -2.21. The first-order valence-electron chi connectivity index (χ1n) is 5.59. The number of hydrogen-bond donors (Lipinski definition) is 2. The molecule has 94 valence electrons. The number of aromatic amines is 1. The molecule has 0 unspecified atom stereocenters. The summed E-state index contributed by atoms with van der Waals surface area (Å²) in [6.45, 7) is 0. The maximum absolute atomic E-state index is 12.1. The van der Waals surface area contributed by atoms with Gasteiger partial charge in [-0.2, -0.15) is 5.10 Å². The highest BCUT2D eigenvalue weighted by Gasteiger charge is 2.09. The predicted molar refractivity (Wildman–Crippen MR) is 76.0 cm³/mol. The van der Waals surface area contributed by atoms with E-state index < -0.39 is 0 Å². The maximum atomic E-state index is 12.1.